The van der Waals surface area contributed by atoms with Gasteiger partial charge in [-0.3, -0.25) is 24.0 Å². The van der Waals surface area contributed by atoms with Crippen molar-refractivity contribution in [2.24, 2.45) is 7.05 Å². The van der Waals surface area contributed by atoms with E-state index in [1.165, 1.54) is 24.3 Å². The zero-order chi connectivity index (χ0) is 23.0. The summed E-state index contributed by atoms with van der Waals surface area (Å²) in [7, 11) is 1.79. The van der Waals surface area contributed by atoms with Gasteiger partial charge in [-0.05, 0) is 55.4 Å². The number of fused-ring (bicyclic) bond motifs is 1. The first-order chi connectivity index (χ1) is 15.2. The van der Waals surface area contributed by atoms with Gasteiger partial charge in [0.25, 0.3) is 17.1 Å². The highest BCUT2D eigenvalue weighted by atomic mass is 32.2. The van der Waals surface area contributed by atoms with Crippen LogP contribution in [0.1, 0.15) is 27.3 Å². The van der Waals surface area contributed by atoms with Crippen LogP contribution in [0.15, 0.2) is 35.2 Å². The van der Waals surface area contributed by atoms with E-state index in [0.29, 0.717) is 22.5 Å². The lowest BCUT2D eigenvalue weighted by Gasteiger charge is -2.13. The number of hydrogen-bond acceptors (Lipinski definition) is 6. The van der Waals surface area contributed by atoms with Gasteiger partial charge < -0.3 is 5.32 Å². The first-order valence-electron chi connectivity index (χ1n) is 9.84. The average Bonchev–Trinajstić information content (AvgIpc) is 3.17. The predicted octanol–water partition coefficient (Wildman–Crippen LogP) is 3.19. The van der Waals surface area contributed by atoms with E-state index in [1.54, 1.807) is 30.8 Å². The van der Waals surface area contributed by atoms with Crippen molar-refractivity contribution >= 4 is 45.9 Å². The number of halogens is 1. The molecule has 1 aromatic carbocycles. The van der Waals surface area contributed by atoms with Crippen molar-refractivity contribution < 1.29 is 18.8 Å². The predicted molar refractivity (Wildman–Crippen MR) is 119 cm³/mol. The fourth-order valence-electron chi connectivity index (χ4n) is 3.44. The van der Waals surface area contributed by atoms with Crippen LogP contribution in [0.25, 0.3) is 17.1 Å². The highest BCUT2D eigenvalue weighted by Crippen LogP contribution is 2.32. The molecule has 0 aliphatic carbocycles. The summed E-state index contributed by atoms with van der Waals surface area (Å²) in [5.74, 6) is -1.16. The fraction of sp³-hybridized carbons (Fsp3) is 0.227. The van der Waals surface area contributed by atoms with Crippen LogP contribution < -0.4 is 5.32 Å². The number of benzene rings is 1. The third-order valence-corrected chi connectivity index (χ3v) is 6.00. The quantitative estimate of drug-likeness (QED) is 0.596. The number of carbonyl (C=O) groups is 3. The van der Waals surface area contributed by atoms with Gasteiger partial charge in [-0.2, -0.15) is 5.10 Å². The Kier molecular flexibility index (Phi) is 5.79. The lowest BCUT2D eigenvalue weighted by atomic mass is 10.1. The third-order valence-electron chi connectivity index (χ3n) is 5.10. The van der Waals surface area contributed by atoms with E-state index in [4.69, 9.17) is 0 Å². The lowest BCUT2D eigenvalue weighted by molar-refractivity contribution is -0.122. The highest BCUT2D eigenvalue weighted by Gasteiger charge is 2.34. The SMILES string of the molecule is Cc1nc2c(cc1C(=O)NCCN1C(=O)S/C(=C\c3ccc(F)cc3)C1=O)c(C)nn2C. The van der Waals surface area contributed by atoms with E-state index in [1.807, 2.05) is 6.92 Å². The summed E-state index contributed by atoms with van der Waals surface area (Å²) in [6.07, 6.45) is 1.55. The maximum absolute atomic E-state index is 13.1. The van der Waals surface area contributed by atoms with Crippen molar-refractivity contribution in [3.8, 4) is 0 Å². The van der Waals surface area contributed by atoms with Gasteiger partial charge in [-0.15, -0.1) is 0 Å². The molecule has 32 heavy (non-hydrogen) atoms. The van der Waals surface area contributed by atoms with Gasteiger partial charge in [-0.1, -0.05) is 12.1 Å². The maximum Gasteiger partial charge on any atom is 0.293 e. The number of nitrogens with zero attached hydrogens (tertiary/aromatic N) is 4. The van der Waals surface area contributed by atoms with Crippen LogP contribution in [0.5, 0.6) is 0 Å². The maximum atomic E-state index is 13.1. The summed E-state index contributed by atoms with van der Waals surface area (Å²) >= 11 is 0.817. The molecule has 164 valence electrons. The van der Waals surface area contributed by atoms with E-state index >= 15 is 0 Å². The first kappa shape index (κ1) is 21.7. The summed E-state index contributed by atoms with van der Waals surface area (Å²) in [5.41, 5.74) is 3.07. The van der Waals surface area contributed by atoms with Crippen LogP contribution in [0, 0.1) is 19.7 Å². The summed E-state index contributed by atoms with van der Waals surface area (Å²) in [5, 5.41) is 7.44. The first-order valence-corrected chi connectivity index (χ1v) is 10.7. The average molecular weight is 453 g/mol. The van der Waals surface area contributed by atoms with Gasteiger partial charge >= 0.3 is 0 Å². The van der Waals surface area contributed by atoms with Crippen molar-refractivity contribution in [2.45, 2.75) is 13.8 Å². The Hall–Kier alpha value is -3.53. The number of hydrogen-bond donors (Lipinski definition) is 1. The second-order valence-corrected chi connectivity index (χ2v) is 8.34. The van der Waals surface area contributed by atoms with Gasteiger partial charge in [0.2, 0.25) is 0 Å². The molecule has 0 atom stereocenters. The number of carbonyl (C=O) groups excluding carboxylic acids is 3. The molecule has 0 saturated carbocycles. The van der Waals surface area contributed by atoms with Crippen LogP contribution in [-0.2, 0) is 11.8 Å². The van der Waals surface area contributed by atoms with E-state index in [0.717, 1.165) is 27.7 Å². The second-order valence-electron chi connectivity index (χ2n) is 7.34. The zero-order valence-corrected chi connectivity index (χ0v) is 18.5. The van der Waals surface area contributed by atoms with Crippen molar-refractivity contribution in [3.05, 3.63) is 63.6 Å². The summed E-state index contributed by atoms with van der Waals surface area (Å²) in [4.78, 5) is 43.3. The molecule has 0 unspecified atom stereocenters. The molecule has 1 N–H and O–H groups in total. The summed E-state index contributed by atoms with van der Waals surface area (Å²) in [6, 6.07) is 7.38. The Labute approximate surface area is 187 Å². The molecule has 10 heteroatoms. The number of aromatic nitrogens is 3. The van der Waals surface area contributed by atoms with E-state index < -0.39 is 11.1 Å². The number of imide groups is 1. The molecule has 0 spiro atoms. The smallest absolute Gasteiger partial charge is 0.293 e. The standard InChI is InChI=1S/C22H20FN5O3S/c1-12-17(11-16-13(2)26-27(3)19(16)25-12)20(29)24-8-9-28-21(30)18(32-22(28)31)10-14-4-6-15(23)7-5-14/h4-7,10-11H,8-9H2,1-3H3,(H,24,29)/b18-10-. The molecule has 0 radical (unpaired) electrons. The largest absolute Gasteiger partial charge is 0.350 e. The number of nitrogens with one attached hydrogen (secondary N) is 1. The van der Waals surface area contributed by atoms with Gasteiger partial charge in [0, 0.05) is 25.5 Å². The Balaban J connectivity index is 1.41. The van der Waals surface area contributed by atoms with Gasteiger partial charge in [0.1, 0.15) is 5.82 Å². The number of amides is 3. The Morgan fingerprint density at radius 2 is 1.91 bits per heavy atom. The monoisotopic (exact) mass is 453 g/mol. The molecule has 8 nitrogen and oxygen atoms in total. The molecule has 1 aliphatic heterocycles. The highest BCUT2D eigenvalue weighted by molar-refractivity contribution is 8.18. The minimum atomic E-state index is -0.441. The molecule has 1 aliphatic rings. The molecular weight excluding hydrogens is 433 g/mol. The fourth-order valence-corrected chi connectivity index (χ4v) is 4.31. The lowest BCUT2D eigenvalue weighted by Crippen LogP contribution is -2.37. The van der Waals surface area contributed by atoms with Crippen LogP contribution in [0.3, 0.4) is 0 Å². The summed E-state index contributed by atoms with van der Waals surface area (Å²) in [6.45, 7) is 3.73. The van der Waals surface area contributed by atoms with Crippen molar-refractivity contribution in [1.29, 1.82) is 0 Å². The second kappa shape index (κ2) is 8.54. The zero-order valence-electron chi connectivity index (χ0n) is 17.7. The minimum absolute atomic E-state index is 0.0395. The van der Waals surface area contributed by atoms with Crippen LogP contribution >= 0.6 is 11.8 Å². The van der Waals surface area contributed by atoms with Crippen LogP contribution in [0.2, 0.25) is 0 Å². The van der Waals surface area contributed by atoms with Gasteiger partial charge in [0.05, 0.1) is 21.9 Å². The molecule has 1 saturated heterocycles. The minimum Gasteiger partial charge on any atom is -0.350 e. The van der Waals surface area contributed by atoms with Crippen molar-refractivity contribution in [3.63, 3.8) is 0 Å². The number of pyridine rings is 1. The number of thioether (sulfide) groups is 1. The molecule has 0 bridgehead atoms. The molecule has 2 aromatic heterocycles. The van der Waals surface area contributed by atoms with E-state index in [2.05, 4.69) is 15.4 Å². The molecule has 3 heterocycles. The van der Waals surface area contributed by atoms with Gasteiger partial charge in [-0.25, -0.2) is 9.37 Å². The van der Waals surface area contributed by atoms with Crippen LogP contribution in [-0.4, -0.2) is 49.8 Å². The van der Waals surface area contributed by atoms with E-state index in [9.17, 15) is 18.8 Å². The Bertz CT molecular complexity index is 1280. The van der Waals surface area contributed by atoms with Crippen molar-refractivity contribution in [2.75, 3.05) is 13.1 Å². The normalized spacial score (nSPS) is 15.2. The summed E-state index contributed by atoms with van der Waals surface area (Å²) < 4.78 is 14.7. The van der Waals surface area contributed by atoms with Crippen LogP contribution in [0.4, 0.5) is 9.18 Å². The number of rotatable bonds is 5. The molecular formula is C22H20FN5O3S. The number of aryl methyl sites for hydroxylation is 3. The topological polar surface area (TPSA) is 97.2 Å². The Morgan fingerprint density at radius 3 is 2.62 bits per heavy atom. The third kappa shape index (κ3) is 4.13. The van der Waals surface area contributed by atoms with Crippen molar-refractivity contribution in [1.82, 2.24) is 25.0 Å². The van der Waals surface area contributed by atoms with E-state index in [-0.39, 0.29) is 29.7 Å². The molecule has 3 aromatic rings. The molecule has 4 rings (SSSR count). The van der Waals surface area contributed by atoms with Gasteiger partial charge in [0.15, 0.2) is 5.65 Å². The molecule has 1 fully saturated rings. The molecule has 3 amide bonds. The Morgan fingerprint density at radius 1 is 1.19 bits per heavy atom.